The summed E-state index contributed by atoms with van der Waals surface area (Å²) in [5, 5.41) is 2.76. The summed E-state index contributed by atoms with van der Waals surface area (Å²) in [6.45, 7) is 4.59. The molecule has 1 fully saturated rings. The molecule has 2 aromatic carbocycles. The highest BCUT2D eigenvalue weighted by Crippen LogP contribution is 2.18. The van der Waals surface area contributed by atoms with Crippen molar-refractivity contribution in [2.24, 2.45) is 0 Å². The first kappa shape index (κ1) is 22.1. The number of carbonyl (C=O) groups excluding carboxylic acids is 1. The van der Waals surface area contributed by atoms with Gasteiger partial charge >= 0.3 is 0 Å². The van der Waals surface area contributed by atoms with Gasteiger partial charge in [0.2, 0.25) is 10.0 Å². The van der Waals surface area contributed by atoms with E-state index < -0.39 is 10.0 Å². The highest BCUT2D eigenvalue weighted by atomic mass is 32.2. The van der Waals surface area contributed by atoms with E-state index in [0.717, 1.165) is 5.75 Å². The van der Waals surface area contributed by atoms with Gasteiger partial charge < -0.3 is 19.5 Å². The Balaban J connectivity index is 1.47. The van der Waals surface area contributed by atoms with E-state index in [1.165, 1.54) is 28.6 Å². The van der Waals surface area contributed by atoms with Crippen LogP contribution in [0.1, 0.15) is 17.3 Å². The molecule has 162 valence electrons. The van der Waals surface area contributed by atoms with E-state index in [1.54, 1.807) is 12.1 Å². The highest BCUT2D eigenvalue weighted by Gasteiger charge is 2.26. The van der Waals surface area contributed by atoms with Gasteiger partial charge in [0.1, 0.15) is 18.1 Å². The van der Waals surface area contributed by atoms with E-state index in [-0.39, 0.29) is 10.8 Å². The van der Waals surface area contributed by atoms with Crippen molar-refractivity contribution in [3.8, 4) is 11.5 Å². The van der Waals surface area contributed by atoms with E-state index in [2.05, 4.69) is 5.32 Å². The lowest BCUT2D eigenvalue weighted by Crippen LogP contribution is -2.40. The Morgan fingerprint density at radius 2 is 1.60 bits per heavy atom. The fourth-order valence-electron chi connectivity index (χ4n) is 2.95. The zero-order valence-corrected chi connectivity index (χ0v) is 17.7. The van der Waals surface area contributed by atoms with Gasteiger partial charge in [0.05, 0.1) is 31.3 Å². The first-order valence-electron chi connectivity index (χ1n) is 9.82. The van der Waals surface area contributed by atoms with Crippen molar-refractivity contribution in [3.05, 3.63) is 54.1 Å². The first-order chi connectivity index (χ1) is 14.5. The molecule has 1 N–H and O–H groups in total. The maximum atomic E-state index is 12.6. The van der Waals surface area contributed by atoms with Crippen LogP contribution >= 0.6 is 0 Å². The van der Waals surface area contributed by atoms with Gasteiger partial charge in [-0.25, -0.2) is 8.42 Å². The van der Waals surface area contributed by atoms with Crippen molar-refractivity contribution in [1.82, 2.24) is 9.62 Å². The number of ether oxygens (including phenoxy) is 3. The van der Waals surface area contributed by atoms with E-state index in [1.807, 2.05) is 19.1 Å². The number of benzene rings is 2. The molecular formula is C21H26N2O6S. The van der Waals surface area contributed by atoms with Gasteiger partial charge in [-0.05, 0) is 55.5 Å². The average molecular weight is 435 g/mol. The molecule has 0 radical (unpaired) electrons. The third-order valence-corrected chi connectivity index (χ3v) is 6.43. The smallest absolute Gasteiger partial charge is 0.251 e. The summed E-state index contributed by atoms with van der Waals surface area (Å²) < 4.78 is 42.8. The largest absolute Gasteiger partial charge is 0.494 e. The van der Waals surface area contributed by atoms with Crippen LogP contribution in [0.15, 0.2) is 53.4 Å². The summed E-state index contributed by atoms with van der Waals surface area (Å²) in [5.74, 6) is 1.17. The molecule has 0 bridgehead atoms. The van der Waals surface area contributed by atoms with Crippen molar-refractivity contribution < 1.29 is 27.4 Å². The zero-order chi connectivity index (χ0) is 21.4. The molecule has 0 unspecified atom stereocenters. The van der Waals surface area contributed by atoms with Crippen molar-refractivity contribution in [2.75, 3.05) is 46.1 Å². The van der Waals surface area contributed by atoms with E-state index in [4.69, 9.17) is 14.2 Å². The molecule has 0 aromatic heterocycles. The SMILES string of the molecule is CCOc1ccc(OCCNC(=O)c2ccc(S(=O)(=O)N3CCOCC3)cc2)cc1. The summed E-state index contributed by atoms with van der Waals surface area (Å²) in [6, 6.07) is 13.2. The molecule has 2 aromatic rings. The van der Waals surface area contributed by atoms with Gasteiger partial charge in [0.25, 0.3) is 5.91 Å². The lowest BCUT2D eigenvalue weighted by molar-refractivity contribution is 0.0730. The molecule has 3 rings (SSSR count). The second-order valence-electron chi connectivity index (χ2n) is 6.55. The number of sulfonamides is 1. The van der Waals surface area contributed by atoms with E-state index in [9.17, 15) is 13.2 Å². The second-order valence-corrected chi connectivity index (χ2v) is 8.49. The highest BCUT2D eigenvalue weighted by molar-refractivity contribution is 7.89. The van der Waals surface area contributed by atoms with E-state index >= 15 is 0 Å². The fourth-order valence-corrected chi connectivity index (χ4v) is 4.36. The number of rotatable bonds is 9. The topological polar surface area (TPSA) is 94.2 Å². The maximum absolute atomic E-state index is 12.6. The Labute approximate surface area is 176 Å². The molecular weight excluding hydrogens is 408 g/mol. The van der Waals surface area contributed by atoms with Crippen LogP contribution in [0.4, 0.5) is 0 Å². The Hall–Kier alpha value is -2.62. The molecule has 0 spiro atoms. The summed E-state index contributed by atoms with van der Waals surface area (Å²) in [4.78, 5) is 12.4. The van der Waals surface area contributed by atoms with Crippen LogP contribution in [-0.2, 0) is 14.8 Å². The van der Waals surface area contributed by atoms with Gasteiger partial charge in [0.15, 0.2) is 0 Å². The summed E-state index contributed by atoms with van der Waals surface area (Å²) in [5.41, 5.74) is 0.386. The maximum Gasteiger partial charge on any atom is 0.251 e. The lowest BCUT2D eigenvalue weighted by Gasteiger charge is -2.26. The number of hydrogen-bond acceptors (Lipinski definition) is 6. The minimum absolute atomic E-state index is 0.166. The quantitative estimate of drug-likeness (QED) is 0.606. The molecule has 0 saturated carbocycles. The molecule has 9 heteroatoms. The number of amides is 1. The molecule has 0 aliphatic carbocycles. The lowest BCUT2D eigenvalue weighted by atomic mass is 10.2. The minimum atomic E-state index is -3.57. The molecule has 0 atom stereocenters. The van der Waals surface area contributed by atoms with Gasteiger partial charge in [-0.1, -0.05) is 0 Å². The normalized spacial score (nSPS) is 14.8. The monoisotopic (exact) mass is 434 g/mol. The third kappa shape index (κ3) is 5.71. The van der Waals surface area contributed by atoms with Crippen LogP contribution in [0.2, 0.25) is 0 Å². The van der Waals surface area contributed by atoms with Crippen molar-refractivity contribution in [2.45, 2.75) is 11.8 Å². The van der Waals surface area contributed by atoms with Gasteiger partial charge in [-0.2, -0.15) is 4.31 Å². The standard InChI is InChI=1S/C21H26N2O6S/c1-2-28-18-5-7-19(8-6-18)29-14-11-22-21(24)17-3-9-20(10-4-17)30(25,26)23-12-15-27-16-13-23/h3-10H,2,11-16H2,1H3,(H,22,24). The Morgan fingerprint density at radius 1 is 1.00 bits per heavy atom. The van der Waals surface area contributed by atoms with Crippen LogP contribution in [-0.4, -0.2) is 64.7 Å². The molecule has 1 aliphatic rings. The predicted octanol–water partition coefficient (Wildman–Crippen LogP) is 1.91. The molecule has 30 heavy (non-hydrogen) atoms. The molecule has 1 aliphatic heterocycles. The molecule has 1 amide bonds. The van der Waals surface area contributed by atoms with Crippen LogP contribution in [0.5, 0.6) is 11.5 Å². The van der Waals surface area contributed by atoms with Gasteiger partial charge in [-0.15, -0.1) is 0 Å². The predicted molar refractivity (Wildman–Crippen MR) is 111 cm³/mol. The fraction of sp³-hybridized carbons (Fsp3) is 0.381. The van der Waals surface area contributed by atoms with Crippen LogP contribution < -0.4 is 14.8 Å². The van der Waals surface area contributed by atoms with Gasteiger partial charge in [-0.3, -0.25) is 4.79 Å². The third-order valence-electron chi connectivity index (χ3n) is 4.52. The van der Waals surface area contributed by atoms with Gasteiger partial charge in [0, 0.05) is 18.7 Å². The minimum Gasteiger partial charge on any atom is -0.494 e. The Morgan fingerprint density at radius 3 is 2.20 bits per heavy atom. The molecule has 8 nitrogen and oxygen atoms in total. The summed E-state index contributed by atoms with van der Waals surface area (Å²) >= 11 is 0. The zero-order valence-electron chi connectivity index (χ0n) is 16.9. The van der Waals surface area contributed by atoms with Crippen LogP contribution in [0.3, 0.4) is 0 Å². The van der Waals surface area contributed by atoms with Crippen LogP contribution in [0, 0.1) is 0 Å². The Bertz CT molecular complexity index is 923. The van der Waals surface area contributed by atoms with E-state index in [0.29, 0.717) is 57.4 Å². The summed E-state index contributed by atoms with van der Waals surface area (Å²) in [6.07, 6.45) is 0. The van der Waals surface area contributed by atoms with Crippen molar-refractivity contribution >= 4 is 15.9 Å². The Kier molecular flexibility index (Phi) is 7.67. The second kappa shape index (κ2) is 10.4. The first-order valence-corrected chi connectivity index (χ1v) is 11.3. The number of morpholine rings is 1. The van der Waals surface area contributed by atoms with Crippen molar-refractivity contribution in [1.29, 1.82) is 0 Å². The molecule has 1 saturated heterocycles. The average Bonchev–Trinajstić information content (AvgIpc) is 2.78. The summed E-state index contributed by atoms with van der Waals surface area (Å²) in [7, 11) is -3.57. The van der Waals surface area contributed by atoms with Crippen molar-refractivity contribution in [3.63, 3.8) is 0 Å². The number of carbonyl (C=O) groups is 1. The number of hydrogen-bond donors (Lipinski definition) is 1. The molecule has 1 heterocycles. The number of nitrogens with one attached hydrogen (secondary N) is 1. The van der Waals surface area contributed by atoms with Crippen LogP contribution in [0.25, 0.3) is 0 Å². The number of nitrogens with zero attached hydrogens (tertiary/aromatic N) is 1.